The van der Waals surface area contributed by atoms with Gasteiger partial charge in [0.15, 0.2) is 0 Å². The molecule has 0 amide bonds. The van der Waals surface area contributed by atoms with E-state index in [1.807, 2.05) is 0 Å². The van der Waals surface area contributed by atoms with E-state index < -0.39 is 19.8 Å². The molecule has 0 N–H and O–H groups in total. The second kappa shape index (κ2) is 5.55. The van der Waals surface area contributed by atoms with Crippen LogP contribution < -0.4 is 0 Å². The Hall–Kier alpha value is -1.37. The van der Waals surface area contributed by atoms with E-state index in [1.165, 1.54) is 30.5 Å². The first-order chi connectivity index (χ1) is 9.31. The minimum atomic E-state index is -3.99. The molecule has 7 heteroatoms. The summed E-state index contributed by atoms with van der Waals surface area (Å²) in [5.41, 5.74) is 0. The van der Waals surface area contributed by atoms with Gasteiger partial charge in [-0.2, -0.15) is 8.42 Å². The molecule has 0 aliphatic heterocycles. The van der Waals surface area contributed by atoms with Crippen LogP contribution in [0.3, 0.4) is 0 Å². The van der Waals surface area contributed by atoms with E-state index in [0.29, 0.717) is 9.92 Å². The zero-order chi connectivity index (χ0) is 14.8. The number of rotatable bonds is 3. The molecular weight excluding hydrogens is 318 g/mol. The van der Waals surface area contributed by atoms with Crippen LogP contribution in [0.4, 0.5) is 0 Å². The molecule has 0 fully saturated rings. The van der Waals surface area contributed by atoms with Gasteiger partial charge in [0.2, 0.25) is 0 Å². The van der Waals surface area contributed by atoms with Gasteiger partial charge in [0, 0.05) is 16.2 Å². The van der Waals surface area contributed by atoms with Crippen LogP contribution in [-0.2, 0) is 19.8 Å². The Kier molecular flexibility index (Phi) is 4.17. The van der Waals surface area contributed by atoms with E-state index in [2.05, 4.69) is 3.77 Å². The highest BCUT2D eigenvalue weighted by Crippen LogP contribution is 2.20. The summed E-state index contributed by atoms with van der Waals surface area (Å²) in [4.78, 5) is 0.338. The van der Waals surface area contributed by atoms with Crippen LogP contribution in [0.25, 0.3) is 0 Å². The fraction of sp³-hybridized carbons (Fsp3) is 0.0769. The van der Waals surface area contributed by atoms with E-state index in [1.54, 1.807) is 30.3 Å². The Morgan fingerprint density at radius 2 is 1.40 bits per heavy atom. The zero-order valence-electron chi connectivity index (χ0n) is 10.6. The first-order valence-corrected chi connectivity index (χ1v) is 9.34. The van der Waals surface area contributed by atoms with Crippen molar-refractivity contribution in [3.8, 4) is 0 Å². The Labute approximate surface area is 123 Å². The first kappa shape index (κ1) is 15.0. The van der Waals surface area contributed by atoms with Crippen LogP contribution in [0.1, 0.15) is 0 Å². The topological polar surface area (TPSA) is 63.6 Å². The summed E-state index contributed by atoms with van der Waals surface area (Å²) >= 11 is 5.71. The number of sulfonamides is 1. The normalized spacial score (nSPS) is 14.5. The van der Waals surface area contributed by atoms with Crippen molar-refractivity contribution in [1.29, 1.82) is 0 Å². The van der Waals surface area contributed by atoms with Crippen LogP contribution in [0.2, 0.25) is 5.02 Å². The molecule has 2 aromatic rings. The van der Waals surface area contributed by atoms with Gasteiger partial charge < -0.3 is 0 Å². The summed E-state index contributed by atoms with van der Waals surface area (Å²) in [7, 11) is -7.01. The summed E-state index contributed by atoms with van der Waals surface area (Å²) in [5.74, 6) is 0. The van der Waals surface area contributed by atoms with Crippen molar-refractivity contribution in [3.05, 3.63) is 59.6 Å². The summed E-state index contributed by atoms with van der Waals surface area (Å²) in [6.45, 7) is 0. The SMILES string of the molecule is C[S@@](=O)(=NS(=O)(=O)c1ccc(Cl)cc1)c1ccccc1. The van der Waals surface area contributed by atoms with Gasteiger partial charge >= 0.3 is 0 Å². The molecule has 20 heavy (non-hydrogen) atoms. The van der Waals surface area contributed by atoms with Gasteiger partial charge in [-0.05, 0) is 36.4 Å². The van der Waals surface area contributed by atoms with Crippen molar-refractivity contribution >= 4 is 31.4 Å². The van der Waals surface area contributed by atoms with Crippen molar-refractivity contribution in [2.75, 3.05) is 6.26 Å². The molecule has 2 aromatic carbocycles. The van der Waals surface area contributed by atoms with Gasteiger partial charge in [-0.15, -0.1) is 3.77 Å². The van der Waals surface area contributed by atoms with Gasteiger partial charge in [0.25, 0.3) is 10.0 Å². The summed E-state index contributed by atoms with van der Waals surface area (Å²) in [6.07, 6.45) is 1.30. The van der Waals surface area contributed by atoms with Crippen LogP contribution in [-0.4, -0.2) is 18.9 Å². The molecule has 0 saturated heterocycles. The molecule has 0 bridgehead atoms. The summed E-state index contributed by atoms with van der Waals surface area (Å²) in [6, 6.07) is 13.9. The van der Waals surface area contributed by atoms with E-state index in [-0.39, 0.29) is 4.90 Å². The quantitative estimate of drug-likeness (QED) is 0.868. The second-order valence-electron chi connectivity index (χ2n) is 4.12. The van der Waals surface area contributed by atoms with Gasteiger partial charge in [-0.1, -0.05) is 29.8 Å². The van der Waals surface area contributed by atoms with Crippen molar-refractivity contribution < 1.29 is 12.6 Å². The third-order valence-electron chi connectivity index (χ3n) is 2.53. The molecule has 0 saturated carbocycles. The average molecular weight is 330 g/mol. The maximum Gasteiger partial charge on any atom is 0.290 e. The molecule has 106 valence electrons. The molecule has 0 radical (unpaired) electrons. The third kappa shape index (κ3) is 3.39. The molecular formula is C13H12ClNO3S2. The van der Waals surface area contributed by atoms with Crippen molar-refractivity contribution in [2.24, 2.45) is 3.77 Å². The van der Waals surface area contributed by atoms with E-state index in [9.17, 15) is 12.6 Å². The highest BCUT2D eigenvalue weighted by molar-refractivity contribution is 8.03. The van der Waals surface area contributed by atoms with Crippen molar-refractivity contribution in [2.45, 2.75) is 9.79 Å². The predicted octanol–water partition coefficient (Wildman–Crippen LogP) is 3.19. The van der Waals surface area contributed by atoms with Crippen molar-refractivity contribution in [1.82, 2.24) is 0 Å². The number of benzene rings is 2. The fourth-order valence-electron chi connectivity index (χ4n) is 1.55. The van der Waals surface area contributed by atoms with Crippen LogP contribution in [0, 0.1) is 0 Å². The summed E-state index contributed by atoms with van der Waals surface area (Å²) in [5, 5.41) is 0.421. The molecule has 0 unspecified atom stereocenters. The highest BCUT2D eigenvalue weighted by Gasteiger charge is 2.17. The Morgan fingerprint density at radius 3 is 1.95 bits per heavy atom. The maximum atomic E-state index is 12.5. The Morgan fingerprint density at radius 1 is 0.850 bits per heavy atom. The molecule has 4 nitrogen and oxygen atoms in total. The van der Waals surface area contributed by atoms with Gasteiger partial charge in [0.1, 0.15) is 0 Å². The van der Waals surface area contributed by atoms with Crippen LogP contribution >= 0.6 is 11.6 Å². The third-order valence-corrected chi connectivity index (χ3v) is 6.72. The molecule has 0 spiro atoms. The van der Waals surface area contributed by atoms with Crippen LogP contribution in [0.15, 0.2) is 68.2 Å². The van der Waals surface area contributed by atoms with E-state index >= 15 is 0 Å². The zero-order valence-corrected chi connectivity index (χ0v) is 13.0. The Balaban J connectivity index is 2.53. The lowest BCUT2D eigenvalue weighted by Crippen LogP contribution is -2.04. The van der Waals surface area contributed by atoms with Gasteiger partial charge in [-0.3, -0.25) is 0 Å². The van der Waals surface area contributed by atoms with Crippen molar-refractivity contribution in [3.63, 3.8) is 0 Å². The maximum absolute atomic E-state index is 12.5. The minimum Gasteiger partial charge on any atom is -0.244 e. The van der Waals surface area contributed by atoms with Gasteiger partial charge in [0.05, 0.1) is 14.6 Å². The largest absolute Gasteiger partial charge is 0.290 e. The average Bonchev–Trinajstić information content (AvgIpc) is 2.39. The molecule has 1 atom stereocenters. The number of halogens is 1. The molecule has 0 aliphatic rings. The number of hydrogen-bond acceptors (Lipinski definition) is 3. The lowest BCUT2D eigenvalue weighted by molar-refractivity contribution is 0.598. The van der Waals surface area contributed by atoms with E-state index in [0.717, 1.165) is 0 Å². The fourth-order valence-corrected chi connectivity index (χ4v) is 5.01. The Bertz CT molecular complexity index is 822. The first-order valence-electron chi connectivity index (χ1n) is 5.60. The van der Waals surface area contributed by atoms with Gasteiger partial charge in [-0.25, -0.2) is 4.21 Å². The molecule has 0 aromatic heterocycles. The molecule has 0 heterocycles. The molecule has 0 aliphatic carbocycles. The monoisotopic (exact) mass is 329 g/mol. The second-order valence-corrected chi connectivity index (χ2v) is 8.65. The van der Waals surface area contributed by atoms with Crippen LogP contribution in [0.5, 0.6) is 0 Å². The standard InChI is InChI=1S/C13H12ClNO3S2/c1-19(16,12-5-3-2-4-6-12)15-20(17,18)13-9-7-11(14)8-10-13/h2-10H,1H3/t19-/m0/s1. The number of nitrogens with zero attached hydrogens (tertiary/aromatic N) is 1. The number of hydrogen-bond donors (Lipinski definition) is 0. The smallest absolute Gasteiger partial charge is 0.244 e. The molecule has 2 rings (SSSR count). The predicted molar refractivity (Wildman–Crippen MR) is 79.8 cm³/mol. The van der Waals surface area contributed by atoms with E-state index in [4.69, 9.17) is 11.6 Å². The summed E-state index contributed by atoms with van der Waals surface area (Å²) < 4.78 is 40.3. The minimum absolute atomic E-state index is 0.0348. The highest BCUT2D eigenvalue weighted by atomic mass is 35.5. The lowest BCUT2D eigenvalue weighted by Gasteiger charge is -2.05. The lowest BCUT2D eigenvalue weighted by atomic mass is 10.4.